The van der Waals surface area contributed by atoms with Gasteiger partial charge in [-0.25, -0.2) is 14.8 Å². The highest BCUT2D eigenvalue weighted by molar-refractivity contribution is 6.02. The number of benzene rings is 2. The number of rotatable bonds is 7. The number of nitrogens with zero attached hydrogens (tertiary/aromatic N) is 5. The van der Waals surface area contributed by atoms with Crippen molar-refractivity contribution in [3.05, 3.63) is 97.1 Å². The first kappa shape index (κ1) is 25.2. The number of fused-ring (bicyclic) bond motifs is 1. The highest BCUT2D eigenvalue weighted by atomic mass is 16.4. The number of likely N-dealkylation sites (tertiary alicyclic amines) is 1. The fourth-order valence-electron chi connectivity index (χ4n) is 5.07. The van der Waals surface area contributed by atoms with Crippen LogP contribution in [0.4, 0.5) is 16.3 Å². The van der Waals surface area contributed by atoms with Crippen LogP contribution in [-0.4, -0.2) is 55.2 Å². The molecule has 0 atom stereocenters. The van der Waals surface area contributed by atoms with Crippen LogP contribution in [0.5, 0.6) is 0 Å². The number of amides is 1. The van der Waals surface area contributed by atoms with Gasteiger partial charge in [0.1, 0.15) is 5.82 Å². The Hall–Kier alpha value is -5.05. The average Bonchev–Trinajstić information content (AvgIpc) is 3.01. The summed E-state index contributed by atoms with van der Waals surface area (Å²) in [5.41, 5.74) is 5.53. The highest BCUT2D eigenvalue weighted by Gasteiger charge is 2.22. The summed E-state index contributed by atoms with van der Waals surface area (Å²) in [5, 5.41) is 17.2. The van der Waals surface area contributed by atoms with Crippen LogP contribution >= 0.6 is 0 Å². The lowest BCUT2D eigenvalue weighted by atomic mass is 10.0. The van der Waals surface area contributed by atoms with E-state index in [0.717, 1.165) is 57.6 Å². The fraction of sp³-hybridized carbons (Fsp3) is 0.194. The highest BCUT2D eigenvalue weighted by Crippen LogP contribution is 2.34. The zero-order valence-electron chi connectivity index (χ0n) is 21.9. The van der Waals surface area contributed by atoms with Crippen LogP contribution in [0.3, 0.4) is 0 Å². The summed E-state index contributed by atoms with van der Waals surface area (Å²) < 4.78 is 0. The van der Waals surface area contributed by atoms with Crippen LogP contribution in [-0.2, 0) is 6.54 Å². The largest absolute Gasteiger partial charge is 0.465 e. The molecule has 0 spiro atoms. The second kappa shape index (κ2) is 11.4. The van der Waals surface area contributed by atoms with Gasteiger partial charge in [0.25, 0.3) is 0 Å². The maximum atomic E-state index is 11.2. The summed E-state index contributed by atoms with van der Waals surface area (Å²) in [7, 11) is 0. The third-order valence-corrected chi connectivity index (χ3v) is 7.10. The molecule has 9 nitrogen and oxygen atoms in total. The van der Waals surface area contributed by atoms with Gasteiger partial charge in [0.15, 0.2) is 5.82 Å². The van der Waals surface area contributed by atoms with Gasteiger partial charge in [-0.3, -0.25) is 9.97 Å². The summed E-state index contributed by atoms with van der Waals surface area (Å²) in [6.45, 7) is 1.55. The minimum atomic E-state index is -0.863. The van der Waals surface area contributed by atoms with Gasteiger partial charge in [-0.2, -0.15) is 0 Å². The van der Waals surface area contributed by atoms with Crippen molar-refractivity contribution >= 4 is 28.5 Å². The molecular formula is C31H29N7O2. The van der Waals surface area contributed by atoms with E-state index in [1.54, 1.807) is 18.6 Å². The Kier molecular flexibility index (Phi) is 7.17. The van der Waals surface area contributed by atoms with E-state index in [4.69, 9.17) is 9.97 Å². The van der Waals surface area contributed by atoms with E-state index in [0.29, 0.717) is 25.5 Å². The molecule has 2 aromatic carbocycles. The Morgan fingerprint density at radius 3 is 2.52 bits per heavy atom. The number of hydrogen-bond acceptors (Lipinski definition) is 7. The number of piperidine rings is 1. The number of carboxylic acid groups (broad SMARTS) is 1. The van der Waals surface area contributed by atoms with Crippen molar-refractivity contribution in [2.24, 2.45) is 0 Å². The van der Waals surface area contributed by atoms with E-state index in [-0.39, 0.29) is 6.04 Å². The van der Waals surface area contributed by atoms with E-state index in [9.17, 15) is 9.90 Å². The lowest BCUT2D eigenvalue weighted by Gasteiger charge is -2.31. The maximum absolute atomic E-state index is 11.2. The van der Waals surface area contributed by atoms with Gasteiger partial charge in [-0.1, -0.05) is 48.5 Å². The zero-order chi connectivity index (χ0) is 27.3. The van der Waals surface area contributed by atoms with Crippen LogP contribution in [0.2, 0.25) is 0 Å². The normalized spacial score (nSPS) is 13.8. The second-order valence-corrected chi connectivity index (χ2v) is 9.79. The van der Waals surface area contributed by atoms with Crippen molar-refractivity contribution in [3.8, 4) is 22.5 Å². The average molecular weight is 532 g/mol. The Balaban J connectivity index is 1.35. The molecule has 9 heteroatoms. The molecule has 0 saturated carbocycles. The van der Waals surface area contributed by atoms with Gasteiger partial charge in [0.05, 0.1) is 28.8 Å². The van der Waals surface area contributed by atoms with Crippen LogP contribution in [0.1, 0.15) is 18.5 Å². The minimum Gasteiger partial charge on any atom is -0.465 e. The third kappa shape index (κ3) is 5.54. The Labute approximate surface area is 232 Å². The van der Waals surface area contributed by atoms with Crippen LogP contribution in [0.15, 0.2) is 91.4 Å². The molecular weight excluding hydrogens is 502 g/mol. The van der Waals surface area contributed by atoms with E-state index in [1.165, 1.54) is 4.90 Å². The topological polar surface area (TPSA) is 116 Å². The molecule has 0 radical (unpaired) electrons. The molecule has 40 heavy (non-hydrogen) atoms. The number of pyridine rings is 2. The molecule has 6 rings (SSSR count). The molecule has 200 valence electrons. The molecule has 1 saturated heterocycles. The SMILES string of the molecule is O=C(O)N1CCC(Nc2cncc(-c3nc(NCc4ccccn4)c4c(-c5ccccc5)cccc4n3)c2)CC1. The first-order valence-electron chi connectivity index (χ1n) is 13.3. The number of carbonyl (C=O) groups is 1. The lowest BCUT2D eigenvalue weighted by Crippen LogP contribution is -2.41. The molecule has 1 fully saturated rings. The quantitative estimate of drug-likeness (QED) is 0.237. The van der Waals surface area contributed by atoms with Crippen molar-refractivity contribution in [3.63, 3.8) is 0 Å². The van der Waals surface area contributed by atoms with Gasteiger partial charge >= 0.3 is 6.09 Å². The monoisotopic (exact) mass is 531 g/mol. The van der Waals surface area contributed by atoms with Gasteiger partial charge in [-0.05, 0) is 48.2 Å². The summed E-state index contributed by atoms with van der Waals surface area (Å²) in [5.74, 6) is 1.29. The van der Waals surface area contributed by atoms with E-state index in [1.807, 2.05) is 54.6 Å². The summed E-state index contributed by atoms with van der Waals surface area (Å²) in [6, 6.07) is 24.4. The second-order valence-electron chi connectivity index (χ2n) is 9.79. The minimum absolute atomic E-state index is 0.175. The molecule has 3 aromatic heterocycles. The van der Waals surface area contributed by atoms with Crippen molar-refractivity contribution in [1.29, 1.82) is 0 Å². The molecule has 1 aliphatic rings. The maximum Gasteiger partial charge on any atom is 0.407 e. The van der Waals surface area contributed by atoms with Crippen molar-refractivity contribution in [2.75, 3.05) is 23.7 Å². The Bertz CT molecular complexity index is 1620. The molecule has 4 heterocycles. The van der Waals surface area contributed by atoms with Crippen LogP contribution < -0.4 is 10.6 Å². The van der Waals surface area contributed by atoms with E-state index in [2.05, 4.69) is 38.8 Å². The number of nitrogens with one attached hydrogen (secondary N) is 2. The smallest absolute Gasteiger partial charge is 0.407 e. The standard InChI is InChI=1S/C31H29N7O2/c39-31(40)38-15-12-23(13-16-38)35-25-17-22(18-32-19-25)29-36-27-11-6-10-26(21-7-2-1-3-8-21)28(27)30(37-29)34-20-24-9-4-5-14-33-24/h1-11,14,17-19,23,35H,12-13,15-16,20H2,(H,39,40)(H,34,36,37). The molecule has 1 aliphatic heterocycles. The van der Waals surface area contributed by atoms with Crippen molar-refractivity contribution < 1.29 is 9.90 Å². The van der Waals surface area contributed by atoms with Gasteiger partial charge < -0.3 is 20.6 Å². The fourth-order valence-corrected chi connectivity index (χ4v) is 5.07. The first-order chi connectivity index (χ1) is 19.6. The van der Waals surface area contributed by atoms with Crippen molar-refractivity contribution in [1.82, 2.24) is 24.8 Å². The molecule has 5 aromatic rings. The molecule has 3 N–H and O–H groups in total. The summed E-state index contributed by atoms with van der Waals surface area (Å²) in [6.07, 6.45) is 5.95. The van der Waals surface area contributed by atoms with Crippen LogP contribution in [0.25, 0.3) is 33.4 Å². The number of hydrogen-bond donors (Lipinski definition) is 3. The van der Waals surface area contributed by atoms with Crippen LogP contribution in [0, 0.1) is 0 Å². The molecule has 1 amide bonds. The third-order valence-electron chi connectivity index (χ3n) is 7.10. The summed E-state index contributed by atoms with van der Waals surface area (Å²) >= 11 is 0. The van der Waals surface area contributed by atoms with E-state index < -0.39 is 6.09 Å². The molecule has 0 bridgehead atoms. The van der Waals surface area contributed by atoms with Gasteiger partial charge in [0.2, 0.25) is 0 Å². The van der Waals surface area contributed by atoms with Gasteiger partial charge in [-0.15, -0.1) is 0 Å². The summed E-state index contributed by atoms with van der Waals surface area (Å²) in [4.78, 5) is 31.6. The zero-order valence-corrected chi connectivity index (χ0v) is 21.9. The van der Waals surface area contributed by atoms with E-state index >= 15 is 0 Å². The predicted molar refractivity (Wildman–Crippen MR) is 156 cm³/mol. The Morgan fingerprint density at radius 1 is 0.925 bits per heavy atom. The lowest BCUT2D eigenvalue weighted by molar-refractivity contribution is 0.134. The number of anilines is 2. The van der Waals surface area contributed by atoms with Crippen molar-refractivity contribution in [2.45, 2.75) is 25.4 Å². The predicted octanol–water partition coefficient (Wildman–Crippen LogP) is 5.92. The molecule has 0 aliphatic carbocycles. The van der Waals surface area contributed by atoms with Gasteiger partial charge in [0, 0.05) is 43.3 Å². The number of aromatic nitrogens is 4. The first-order valence-corrected chi connectivity index (χ1v) is 13.3. The molecule has 0 unspecified atom stereocenters. The Morgan fingerprint density at radius 2 is 1.75 bits per heavy atom.